The van der Waals surface area contributed by atoms with Gasteiger partial charge in [-0.3, -0.25) is 0 Å². The van der Waals surface area contributed by atoms with E-state index in [2.05, 4.69) is 41.2 Å². The molecule has 2 atom stereocenters. The molecule has 1 amide bonds. The van der Waals surface area contributed by atoms with Crippen molar-refractivity contribution in [2.45, 2.75) is 51.2 Å². The van der Waals surface area contributed by atoms with Gasteiger partial charge in [0.25, 0.3) is 0 Å². The van der Waals surface area contributed by atoms with Crippen LogP contribution in [0.15, 0.2) is 54.7 Å². The summed E-state index contributed by atoms with van der Waals surface area (Å²) in [6.45, 7) is 6.75. The number of piperidine rings is 2. The van der Waals surface area contributed by atoms with E-state index < -0.39 is 0 Å². The lowest BCUT2D eigenvalue weighted by atomic mass is 9.86. The highest BCUT2D eigenvalue weighted by Crippen LogP contribution is 2.34. The zero-order valence-corrected chi connectivity index (χ0v) is 20.7. The number of nitrogens with one attached hydrogen (secondary N) is 1. The fourth-order valence-electron chi connectivity index (χ4n) is 5.78. The number of β-amino-alcohol motifs (C(OH)–C–C–N with tert-alkyl or cyclic N) is 1. The Hall–Kier alpha value is -2.83. The summed E-state index contributed by atoms with van der Waals surface area (Å²) >= 11 is 0. The Balaban J connectivity index is 1.05. The van der Waals surface area contributed by atoms with Crippen molar-refractivity contribution < 1.29 is 14.6 Å². The molecule has 2 saturated heterocycles. The Bertz CT molecular complexity index is 1120. The molecule has 0 spiro atoms. The van der Waals surface area contributed by atoms with Crippen LogP contribution in [0.5, 0.6) is 0 Å². The first kappa shape index (κ1) is 23.9. The van der Waals surface area contributed by atoms with Gasteiger partial charge in [0.15, 0.2) is 0 Å². The molecule has 0 aliphatic carbocycles. The molecule has 2 aliphatic rings. The number of para-hydroxylation sites is 1. The minimum Gasteiger partial charge on any atom is -0.445 e. The maximum atomic E-state index is 12.4. The molecule has 6 heteroatoms. The highest BCUT2D eigenvalue weighted by atomic mass is 16.6. The van der Waals surface area contributed by atoms with Crippen LogP contribution in [0, 0.1) is 12.8 Å². The van der Waals surface area contributed by atoms with Crippen molar-refractivity contribution in [2.75, 3.05) is 32.7 Å². The van der Waals surface area contributed by atoms with Gasteiger partial charge in [-0.2, -0.15) is 0 Å². The van der Waals surface area contributed by atoms with E-state index in [1.807, 2.05) is 35.2 Å². The smallest absolute Gasteiger partial charge is 0.410 e. The van der Waals surface area contributed by atoms with Gasteiger partial charge in [-0.05, 0) is 68.3 Å². The van der Waals surface area contributed by atoms with Crippen LogP contribution in [-0.4, -0.2) is 64.8 Å². The number of benzene rings is 2. The number of amides is 1. The van der Waals surface area contributed by atoms with Crippen LogP contribution in [-0.2, 0) is 11.3 Å². The van der Waals surface area contributed by atoms with E-state index in [1.54, 1.807) is 0 Å². The first-order chi connectivity index (χ1) is 17.1. The molecule has 2 N–H and O–H groups in total. The highest BCUT2D eigenvalue weighted by Gasteiger charge is 2.31. The third-order valence-electron chi connectivity index (χ3n) is 7.95. The van der Waals surface area contributed by atoms with Crippen LogP contribution >= 0.6 is 0 Å². The number of fused-ring (bicyclic) bond motifs is 1. The number of carbonyl (C=O) groups is 1. The van der Waals surface area contributed by atoms with Crippen LogP contribution in [0.4, 0.5) is 4.79 Å². The number of aliphatic hydroxyl groups is 1. The monoisotopic (exact) mass is 475 g/mol. The molecule has 35 heavy (non-hydrogen) atoms. The first-order valence-corrected chi connectivity index (χ1v) is 13.0. The zero-order valence-electron chi connectivity index (χ0n) is 20.7. The summed E-state index contributed by atoms with van der Waals surface area (Å²) in [5.41, 5.74) is 4.70. The van der Waals surface area contributed by atoms with Gasteiger partial charge < -0.3 is 24.6 Å². The second-order valence-corrected chi connectivity index (χ2v) is 10.3. The quantitative estimate of drug-likeness (QED) is 0.523. The average molecular weight is 476 g/mol. The van der Waals surface area contributed by atoms with Crippen molar-refractivity contribution in [2.24, 2.45) is 5.92 Å². The van der Waals surface area contributed by atoms with Crippen molar-refractivity contribution >= 4 is 17.0 Å². The number of aromatic nitrogens is 1. The number of ether oxygens (including phenoxy) is 1. The SMILES string of the molecule is Cc1cccc2c(C3CCN(CCC4CCN(C(=O)OCc5ccccc5)CC4)CC3O)c[nH]c12. The lowest BCUT2D eigenvalue weighted by Crippen LogP contribution is -2.44. The minimum atomic E-state index is -0.343. The van der Waals surface area contributed by atoms with Gasteiger partial charge in [-0.15, -0.1) is 0 Å². The molecule has 2 fully saturated rings. The molecule has 0 radical (unpaired) electrons. The number of nitrogens with zero attached hydrogens (tertiary/aromatic N) is 2. The number of hydrogen-bond acceptors (Lipinski definition) is 4. The summed E-state index contributed by atoms with van der Waals surface area (Å²) in [6, 6.07) is 16.2. The van der Waals surface area contributed by atoms with Crippen molar-refractivity contribution in [3.05, 3.63) is 71.4 Å². The molecule has 2 aliphatic heterocycles. The summed E-state index contributed by atoms with van der Waals surface area (Å²) in [6.07, 6.45) is 5.70. The molecular weight excluding hydrogens is 438 g/mol. The molecule has 186 valence electrons. The topological polar surface area (TPSA) is 68.8 Å². The van der Waals surface area contributed by atoms with E-state index >= 15 is 0 Å². The van der Waals surface area contributed by atoms with Crippen molar-refractivity contribution in [3.8, 4) is 0 Å². The average Bonchev–Trinajstić information content (AvgIpc) is 3.32. The van der Waals surface area contributed by atoms with E-state index in [4.69, 9.17) is 4.74 Å². The van der Waals surface area contributed by atoms with Gasteiger partial charge in [-0.1, -0.05) is 48.5 Å². The number of H-pyrrole nitrogens is 1. The first-order valence-electron chi connectivity index (χ1n) is 13.0. The maximum absolute atomic E-state index is 12.4. The Morgan fingerprint density at radius 3 is 2.63 bits per heavy atom. The van der Waals surface area contributed by atoms with E-state index in [0.29, 0.717) is 12.5 Å². The van der Waals surface area contributed by atoms with E-state index in [-0.39, 0.29) is 18.1 Å². The van der Waals surface area contributed by atoms with Gasteiger partial charge in [0.1, 0.15) is 6.61 Å². The van der Waals surface area contributed by atoms with Gasteiger partial charge in [0.2, 0.25) is 0 Å². The summed E-state index contributed by atoms with van der Waals surface area (Å²) in [7, 11) is 0. The predicted octanol–water partition coefficient (Wildman–Crippen LogP) is 5.07. The second-order valence-electron chi connectivity index (χ2n) is 10.3. The van der Waals surface area contributed by atoms with E-state index in [1.165, 1.54) is 22.0 Å². The number of carbonyl (C=O) groups excluding carboxylic acids is 1. The lowest BCUT2D eigenvalue weighted by Gasteiger charge is -2.37. The normalized spacial score (nSPS) is 21.9. The highest BCUT2D eigenvalue weighted by molar-refractivity contribution is 5.86. The van der Waals surface area contributed by atoms with Crippen molar-refractivity contribution in [1.29, 1.82) is 0 Å². The van der Waals surface area contributed by atoms with Gasteiger partial charge in [-0.25, -0.2) is 4.79 Å². The molecule has 5 rings (SSSR count). The number of aryl methyl sites for hydroxylation is 1. The molecular formula is C29H37N3O3. The number of rotatable bonds is 6. The van der Waals surface area contributed by atoms with Crippen LogP contribution in [0.2, 0.25) is 0 Å². The lowest BCUT2D eigenvalue weighted by molar-refractivity contribution is 0.0456. The third kappa shape index (κ3) is 5.54. The molecule has 2 unspecified atom stereocenters. The summed E-state index contributed by atoms with van der Waals surface area (Å²) in [5, 5.41) is 12.2. The van der Waals surface area contributed by atoms with Crippen molar-refractivity contribution in [3.63, 3.8) is 0 Å². The van der Waals surface area contributed by atoms with Crippen LogP contribution < -0.4 is 0 Å². The Morgan fingerprint density at radius 2 is 1.86 bits per heavy atom. The Labute approximate surface area is 207 Å². The van der Waals surface area contributed by atoms with Gasteiger partial charge >= 0.3 is 6.09 Å². The maximum Gasteiger partial charge on any atom is 0.410 e. The molecule has 3 heterocycles. The Kier molecular flexibility index (Phi) is 7.40. The molecule has 0 saturated carbocycles. The summed E-state index contributed by atoms with van der Waals surface area (Å²) in [4.78, 5) is 20.1. The standard InChI is InChI=1S/C29H37N3O3/c1-21-6-5-9-25-26(18-30-28(21)25)24-13-15-31(19-27(24)33)14-10-22-11-16-32(17-12-22)29(34)35-20-23-7-3-2-4-8-23/h2-9,18,22,24,27,30,33H,10-17,19-20H2,1H3. The van der Waals surface area contributed by atoms with E-state index in [0.717, 1.165) is 64.0 Å². The Morgan fingerprint density at radius 1 is 1.06 bits per heavy atom. The largest absolute Gasteiger partial charge is 0.445 e. The second kappa shape index (κ2) is 10.8. The third-order valence-corrected chi connectivity index (χ3v) is 7.95. The van der Waals surface area contributed by atoms with Gasteiger partial charge in [0.05, 0.1) is 6.10 Å². The van der Waals surface area contributed by atoms with Gasteiger partial charge in [0, 0.05) is 42.7 Å². The predicted molar refractivity (Wildman–Crippen MR) is 138 cm³/mol. The fourth-order valence-corrected chi connectivity index (χ4v) is 5.78. The van der Waals surface area contributed by atoms with Crippen LogP contribution in [0.25, 0.3) is 10.9 Å². The number of hydrogen-bond donors (Lipinski definition) is 2. The minimum absolute atomic E-state index is 0.187. The fraction of sp³-hybridized carbons (Fsp3) is 0.483. The van der Waals surface area contributed by atoms with Crippen molar-refractivity contribution in [1.82, 2.24) is 14.8 Å². The summed E-state index contributed by atoms with van der Waals surface area (Å²) < 4.78 is 5.49. The molecule has 3 aromatic rings. The summed E-state index contributed by atoms with van der Waals surface area (Å²) in [5.74, 6) is 0.812. The zero-order chi connectivity index (χ0) is 24.2. The number of likely N-dealkylation sites (tertiary alicyclic amines) is 2. The van der Waals surface area contributed by atoms with E-state index in [9.17, 15) is 9.90 Å². The number of aliphatic hydroxyl groups excluding tert-OH is 1. The van der Waals surface area contributed by atoms with Crippen LogP contribution in [0.3, 0.4) is 0 Å². The molecule has 0 bridgehead atoms. The molecule has 1 aromatic heterocycles. The number of aromatic amines is 1. The molecule has 2 aromatic carbocycles. The van der Waals surface area contributed by atoms with Crippen LogP contribution in [0.1, 0.15) is 48.3 Å². The molecule has 6 nitrogen and oxygen atoms in total.